The number of benzene rings is 5. The Morgan fingerprint density at radius 1 is 0.698 bits per heavy atom. The van der Waals surface area contributed by atoms with Crippen LogP contribution in [0.3, 0.4) is 0 Å². The smallest absolute Gasteiger partial charge is 0.251 e. The number of primary sulfonamides is 2. The van der Waals surface area contributed by atoms with Gasteiger partial charge in [0.15, 0.2) is 0 Å². The lowest BCUT2D eigenvalue weighted by Crippen LogP contribution is -2.27. The maximum absolute atomic E-state index is 12.6. The Hall–Kier alpha value is -5.53. The molecule has 1 saturated carbocycles. The number of hydrogen-bond acceptors (Lipinski definition) is 10. The van der Waals surface area contributed by atoms with Crippen LogP contribution in [0.2, 0.25) is 10.0 Å². The van der Waals surface area contributed by atoms with E-state index in [9.17, 15) is 31.2 Å². The van der Waals surface area contributed by atoms with Gasteiger partial charge in [0.2, 0.25) is 31.9 Å². The molecule has 0 aromatic heterocycles. The van der Waals surface area contributed by atoms with E-state index in [-0.39, 0.29) is 57.7 Å². The monoisotopic (exact) mass is 939 g/mol. The molecule has 6 rings (SSSR count). The van der Waals surface area contributed by atoms with Gasteiger partial charge in [-0.05, 0) is 110 Å². The number of nitrogens with one attached hydrogen (secondary N) is 3. The van der Waals surface area contributed by atoms with E-state index in [1.54, 1.807) is 78.9 Å². The first-order chi connectivity index (χ1) is 30.0. The van der Waals surface area contributed by atoms with E-state index in [0.29, 0.717) is 51.3 Å². The summed E-state index contributed by atoms with van der Waals surface area (Å²) in [6, 6.07) is 28.7. The quantitative estimate of drug-likeness (QED) is 0.0623. The minimum Gasteiger partial charge on any atom is -0.489 e. The second-order valence-corrected chi connectivity index (χ2v) is 18.2. The van der Waals surface area contributed by atoms with Crippen molar-refractivity contribution in [1.29, 1.82) is 0 Å². The first kappa shape index (κ1) is 48.5. The Morgan fingerprint density at radius 2 is 1.32 bits per heavy atom. The average Bonchev–Trinajstić information content (AvgIpc) is 3.23. The van der Waals surface area contributed by atoms with Gasteiger partial charge >= 0.3 is 0 Å². The van der Waals surface area contributed by atoms with Gasteiger partial charge in [0, 0.05) is 40.6 Å². The van der Waals surface area contributed by atoms with Crippen molar-refractivity contribution in [3.05, 3.63) is 136 Å². The summed E-state index contributed by atoms with van der Waals surface area (Å²) in [4.78, 5) is 36.7. The highest BCUT2D eigenvalue weighted by Crippen LogP contribution is 2.33. The van der Waals surface area contributed by atoms with Crippen LogP contribution in [-0.2, 0) is 47.2 Å². The number of methoxy groups -OCH3 is 1. The predicted molar refractivity (Wildman–Crippen MR) is 241 cm³/mol. The Morgan fingerprint density at radius 3 is 1.95 bits per heavy atom. The minimum absolute atomic E-state index is 0.0139. The zero-order valence-electron chi connectivity index (χ0n) is 34.1. The number of rotatable bonds is 16. The Balaban J connectivity index is 0.000000243. The van der Waals surface area contributed by atoms with Crippen LogP contribution >= 0.6 is 23.2 Å². The van der Waals surface area contributed by atoms with Gasteiger partial charge in [0.25, 0.3) is 5.91 Å². The molecule has 0 bridgehead atoms. The zero-order chi connectivity index (χ0) is 45.6. The molecular weight excluding hydrogens is 894 g/mol. The molecule has 1 aliphatic carbocycles. The normalized spacial score (nSPS) is 12.9. The second kappa shape index (κ2) is 22.7. The highest BCUT2D eigenvalue weighted by atomic mass is 35.5. The molecule has 5 aromatic carbocycles. The summed E-state index contributed by atoms with van der Waals surface area (Å²) in [6.07, 6.45) is 5.08. The molecule has 0 radical (unpaired) electrons. The third kappa shape index (κ3) is 15.4. The van der Waals surface area contributed by atoms with Crippen molar-refractivity contribution in [3.63, 3.8) is 0 Å². The van der Waals surface area contributed by atoms with E-state index in [0.717, 1.165) is 32.1 Å². The standard InChI is InChI=1S/C24H24ClN3O6S.C20H23ClN2O4S/c1-33-11-10-27-24(30)17-5-2-4-16(12-17)13-23(29)28-19-8-9-21(22(15-19)35(26,31)32)34-20-7-3-6-18(25)14-20;21-17-9-5-4-6-14(17)12-20(24)23-15-10-11-18(19(13-15)28(22,25)26)27-16-7-2-1-3-8-16/h2-9,12,14-15H,10-11,13H2,1H3,(H,27,30)(H,28,29)(H2,26,31,32);4-6,9-11,13,16H,1-3,7-8,12H2,(H,23,24)(H2,22,25,26). The first-order valence-corrected chi connectivity index (χ1v) is 23.5. The predicted octanol–water partition coefficient (Wildman–Crippen LogP) is 7.22. The third-order valence-electron chi connectivity index (χ3n) is 9.39. The highest BCUT2D eigenvalue weighted by Gasteiger charge is 2.22. The van der Waals surface area contributed by atoms with E-state index < -0.39 is 26.0 Å². The van der Waals surface area contributed by atoms with Crippen LogP contribution in [0.4, 0.5) is 11.4 Å². The Bertz CT molecular complexity index is 2640. The second-order valence-electron chi connectivity index (χ2n) is 14.3. The molecule has 7 N–H and O–H groups in total. The number of carbonyl (C=O) groups excluding carboxylic acids is 3. The van der Waals surface area contributed by atoms with E-state index in [1.807, 2.05) is 0 Å². The number of amides is 3. The number of sulfonamides is 2. The molecule has 0 heterocycles. The van der Waals surface area contributed by atoms with E-state index >= 15 is 0 Å². The molecule has 19 heteroatoms. The van der Waals surface area contributed by atoms with Gasteiger partial charge in [-0.1, -0.05) is 66.0 Å². The van der Waals surface area contributed by atoms with E-state index in [1.165, 1.54) is 37.4 Å². The van der Waals surface area contributed by atoms with Crippen molar-refractivity contribution in [2.24, 2.45) is 10.3 Å². The van der Waals surface area contributed by atoms with E-state index in [2.05, 4.69) is 16.0 Å². The fourth-order valence-corrected chi connectivity index (χ4v) is 8.17. The molecule has 0 aliphatic heterocycles. The number of hydrogen-bond donors (Lipinski definition) is 5. The van der Waals surface area contributed by atoms with Crippen LogP contribution in [0.1, 0.15) is 53.6 Å². The molecular formula is C44H47Cl2N5O10S2. The molecule has 5 aromatic rings. The zero-order valence-corrected chi connectivity index (χ0v) is 37.3. The van der Waals surface area contributed by atoms with Crippen LogP contribution in [0, 0.1) is 0 Å². The largest absolute Gasteiger partial charge is 0.489 e. The maximum Gasteiger partial charge on any atom is 0.251 e. The van der Waals surface area contributed by atoms with Gasteiger partial charge in [-0.3, -0.25) is 14.4 Å². The number of halogens is 2. The molecule has 1 fully saturated rings. The fourth-order valence-electron chi connectivity index (χ4n) is 6.42. The summed E-state index contributed by atoms with van der Waals surface area (Å²) < 4.78 is 64.8. The molecule has 334 valence electrons. The van der Waals surface area contributed by atoms with Crippen LogP contribution < -0.4 is 35.7 Å². The lowest BCUT2D eigenvalue weighted by Gasteiger charge is -2.24. The number of anilines is 2. The van der Waals surface area contributed by atoms with Crippen molar-refractivity contribution in [1.82, 2.24) is 5.32 Å². The van der Waals surface area contributed by atoms with Crippen molar-refractivity contribution in [2.45, 2.75) is 60.8 Å². The van der Waals surface area contributed by atoms with Gasteiger partial charge < -0.3 is 30.2 Å². The summed E-state index contributed by atoms with van der Waals surface area (Å²) in [7, 11) is -6.64. The Labute approximate surface area is 376 Å². The summed E-state index contributed by atoms with van der Waals surface area (Å²) in [5, 5.41) is 19.7. The SMILES string of the molecule is COCCNC(=O)c1cccc(CC(=O)Nc2ccc(Oc3cccc(Cl)c3)c(S(N)(=O)=O)c2)c1.NS(=O)(=O)c1cc(NC(=O)Cc2ccccc2Cl)ccc1OC1CCCCC1. The first-order valence-electron chi connectivity index (χ1n) is 19.6. The Kier molecular flexibility index (Phi) is 17.5. The minimum atomic E-state index is -4.17. The summed E-state index contributed by atoms with van der Waals surface area (Å²) in [5.74, 6) is -0.471. The molecule has 3 amide bonds. The molecule has 0 unspecified atom stereocenters. The maximum atomic E-state index is 12.6. The number of carbonyl (C=O) groups is 3. The van der Waals surface area contributed by atoms with Crippen molar-refractivity contribution in [3.8, 4) is 17.2 Å². The van der Waals surface area contributed by atoms with Gasteiger partial charge in [0.05, 0.1) is 25.6 Å². The molecule has 0 saturated heterocycles. The van der Waals surface area contributed by atoms with Gasteiger partial charge in [-0.25, -0.2) is 27.1 Å². The van der Waals surface area contributed by atoms with Crippen molar-refractivity contribution < 1.29 is 45.4 Å². The summed E-state index contributed by atoms with van der Waals surface area (Å²) >= 11 is 12.0. The van der Waals surface area contributed by atoms with Gasteiger partial charge in [0.1, 0.15) is 27.0 Å². The fraction of sp³-hybridized carbons (Fsp3) is 0.250. The topological polar surface area (TPSA) is 235 Å². The lowest BCUT2D eigenvalue weighted by atomic mass is 9.98. The van der Waals surface area contributed by atoms with Crippen LogP contribution in [0.25, 0.3) is 0 Å². The average molecular weight is 941 g/mol. The molecule has 0 atom stereocenters. The summed E-state index contributed by atoms with van der Waals surface area (Å²) in [5.41, 5.74) is 2.24. The molecule has 0 spiro atoms. The van der Waals surface area contributed by atoms with Crippen molar-refractivity contribution >= 4 is 72.3 Å². The lowest BCUT2D eigenvalue weighted by molar-refractivity contribution is -0.116. The van der Waals surface area contributed by atoms with Crippen LogP contribution in [-0.4, -0.2) is 60.9 Å². The van der Waals surface area contributed by atoms with Crippen molar-refractivity contribution in [2.75, 3.05) is 30.9 Å². The molecule has 63 heavy (non-hydrogen) atoms. The third-order valence-corrected chi connectivity index (χ3v) is 11.9. The van der Waals surface area contributed by atoms with E-state index in [4.69, 9.17) is 47.7 Å². The van der Waals surface area contributed by atoms with Crippen LogP contribution in [0.5, 0.6) is 17.2 Å². The van der Waals surface area contributed by atoms with Gasteiger partial charge in [-0.2, -0.15) is 0 Å². The molecule has 15 nitrogen and oxygen atoms in total. The number of nitrogens with two attached hydrogens (primary N) is 2. The summed E-state index contributed by atoms with van der Waals surface area (Å²) in [6.45, 7) is 0.751. The van der Waals surface area contributed by atoms with Crippen LogP contribution in [0.15, 0.2) is 119 Å². The highest BCUT2D eigenvalue weighted by molar-refractivity contribution is 7.89. The number of ether oxygens (including phenoxy) is 3. The van der Waals surface area contributed by atoms with Gasteiger partial charge in [-0.15, -0.1) is 0 Å². The molecule has 1 aliphatic rings.